The SMILES string of the molecule is COC(=O)C(c1cccs1)N1CC(n2c(-c3ccccc3)c(-c3ccccc3)oc2=O)C1=O. The van der Waals surface area contributed by atoms with E-state index in [2.05, 4.69) is 0 Å². The zero-order chi connectivity index (χ0) is 22.9. The summed E-state index contributed by atoms with van der Waals surface area (Å²) in [4.78, 5) is 41.0. The van der Waals surface area contributed by atoms with Gasteiger partial charge in [-0.2, -0.15) is 0 Å². The number of likely N-dealkylation sites (tertiary alicyclic amines) is 1. The number of methoxy groups -OCH3 is 1. The minimum Gasteiger partial charge on any atom is -0.467 e. The van der Waals surface area contributed by atoms with E-state index >= 15 is 0 Å². The van der Waals surface area contributed by atoms with E-state index in [9.17, 15) is 14.4 Å². The van der Waals surface area contributed by atoms with Crippen LogP contribution < -0.4 is 5.76 Å². The van der Waals surface area contributed by atoms with Crippen molar-refractivity contribution < 1.29 is 18.7 Å². The third-order valence-electron chi connectivity index (χ3n) is 5.72. The van der Waals surface area contributed by atoms with E-state index in [0.717, 1.165) is 11.1 Å². The minimum atomic E-state index is -0.838. The third kappa shape index (κ3) is 3.58. The number of hydrogen-bond acceptors (Lipinski definition) is 6. The Morgan fingerprint density at radius 2 is 1.67 bits per heavy atom. The van der Waals surface area contributed by atoms with E-state index in [1.165, 1.54) is 27.9 Å². The maximum absolute atomic E-state index is 13.3. The highest BCUT2D eigenvalue weighted by molar-refractivity contribution is 7.10. The summed E-state index contributed by atoms with van der Waals surface area (Å²) in [6.07, 6.45) is 0. The number of aromatic nitrogens is 1. The molecule has 2 aromatic heterocycles. The van der Waals surface area contributed by atoms with Gasteiger partial charge in [-0.25, -0.2) is 9.59 Å². The van der Waals surface area contributed by atoms with E-state index in [1.54, 1.807) is 6.07 Å². The number of nitrogens with zero attached hydrogens (tertiary/aromatic N) is 2. The average molecular weight is 461 g/mol. The van der Waals surface area contributed by atoms with Gasteiger partial charge in [0.15, 0.2) is 11.8 Å². The van der Waals surface area contributed by atoms with Crippen molar-refractivity contribution in [2.45, 2.75) is 12.1 Å². The standard InChI is InChI=1S/C25H20N2O5S/c1-31-24(29)21(19-13-8-14-33-19)26-15-18(23(26)28)27-20(16-9-4-2-5-10-16)22(32-25(27)30)17-11-6-3-7-12-17/h2-14,18,21H,15H2,1H3. The van der Waals surface area contributed by atoms with E-state index in [4.69, 9.17) is 9.15 Å². The Hall–Kier alpha value is -3.91. The van der Waals surface area contributed by atoms with Crippen LogP contribution in [-0.4, -0.2) is 35.0 Å². The molecule has 5 rings (SSSR count). The van der Waals surface area contributed by atoms with Gasteiger partial charge in [0.2, 0.25) is 5.91 Å². The summed E-state index contributed by atoms with van der Waals surface area (Å²) in [5.74, 6) is -1.06. The summed E-state index contributed by atoms with van der Waals surface area (Å²) in [5.41, 5.74) is 2.04. The first-order valence-electron chi connectivity index (χ1n) is 10.4. The van der Waals surface area contributed by atoms with Crippen molar-refractivity contribution in [3.8, 4) is 22.6 Å². The predicted molar refractivity (Wildman–Crippen MR) is 124 cm³/mol. The minimum absolute atomic E-state index is 0.185. The quantitative estimate of drug-likeness (QED) is 0.319. The zero-order valence-electron chi connectivity index (χ0n) is 17.7. The van der Waals surface area contributed by atoms with Crippen LogP contribution in [0.3, 0.4) is 0 Å². The van der Waals surface area contributed by atoms with Crippen LogP contribution in [-0.2, 0) is 14.3 Å². The Morgan fingerprint density at radius 3 is 2.24 bits per heavy atom. The van der Waals surface area contributed by atoms with Crippen LogP contribution in [0.5, 0.6) is 0 Å². The lowest BCUT2D eigenvalue weighted by Crippen LogP contribution is -2.57. The molecule has 0 N–H and O–H groups in total. The number of β-lactam (4-membered cyclic amide) rings is 1. The first-order valence-corrected chi connectivity index (χ1v) is 11.3. The molecule has 4 aromatic rings. The molecule has 1 fully saturated rings. The van der Waals surface area contributed by atoms with Gasteiger partial charge < -0.3 is 14.1 Å². The number of esters is 1. The number of carbonyl (C=O) groups excluding carboxylic acids is 2. The number of thiophene rings is 1. The first kappa shape index (κ1) is 21.0. The molecule has 1 aliphatic rings. The van der Waals surface area contributed by atoms with Crippen LogP contribution >= 0.6 is 11.3 Å². The van der Waals surface area contributed by atoms with Crippen LogP contribution in [0, 0.1) is 0 Å². The fraction of sp³-hybridized carbons (Fsp3) is 0.160. The highest BCUT2D eigenvalue weighted by Crippen LogP contribution is 2.39. The Morgan fingerprint density at radius 1 is 1.00 bits per heavy atom. The molecule has 0 saturated carbocycles. The molecule has 2 aromatic carbocycles. The normalized spacial score (nSPS) is 16.3. The smallest absolute Gasteiger partial charge is 0.420 e. The number of oxazole rings is 1. The first-order chi connectivity index (χ1) is 16.1. The summed E-state index contributed by atoms with van der Waals surface area (Å²) in [7, 11) is 1.30. The summed E-state index contributed by atoms with van der Waals surface area (Å²) in [5, 5.41) is 1.84. The fourth-order valence-corrected chi connectivity index (χ4v) is 4.96. The van der Waals surface area contributed by atoms with E-state index in [0.29, 0.717) is 16.3 Å². The van der Waals surface area contributed by atoms with Gasteiger partial charge in [0.1, 0.15) is 6.04 Å². The number of carbonyl (C=O) groups is 2. The number of ether oxygens (including phenoxy) is 1. The number of benzene rings is 2. The monoisotopic (exact) mass is 460 g/mol. The summed E-state index contributed by atoms with van der Waals surface area (Å²) in [6, 6.07) is 20.7. The Balaban J connectivity index is 1.57. The zero-order valence-corrected chi connectivity index (χ0v) is 18.5. The van der Waals surface area contributed by atoms with E-state index in [-0.39, 0.29) is 12.5 Å². The van der Waals surface area contributed by atoms with Gasteiger partial charge in [-0.05, 0) is 11.4 Å². The topological polar surface area (TPSA) is 81.8 Å². The van der Waals surface area contributed by atoms with Crippen molar-refractivity contribution in [2.75, 3.05) is 13.7 Å². The second-order valence-electron chi connectivity index (χ2n) is 7.60. The molecule has 1 amide bonds. The summed E-state index contributed by atoms with van der Waals surface area (Å²) < 4.78 is 12.0. The van der Waals surface area contributed by atoms with Gasteiger partial charge in [0.25, 0.3) is 0 Å². The van der Waals surface area contributed by atoms with Gasteiger partial charge >= 0.3 is 11.7 Å². The van der Waals surface area contributed by atoms with Crippen molar-refractivity contribution >= 4 is 23.2 Å². The molecule has 8 heteroatoms. The average Bonchev–Trinajstić information content (AvgIpc) is 3.50. The van der Waals surface area contributed by atoms with Gasteiger partial charge in [-0.15, -0.1) is 11.3 Å². The van der Waals surface area contributed by atoms with Crippen LogP contribution in [0.15, 0.2) is 87.4 Å². The lowest BCUT2D eigenvalue weighted by Gasteiger charge is -2.42. The molecule has 33 heavy (non-hydrogen) atoms. The number of rotatable bonds is 6. The molecular formula is C25H20N2O5S. The van der Waals surface area contributed by atoms with Crippen molar-refractivity contribution in [3.63, 3.8) is 0 Å². The molecule has 3 heterocycles. The summed E-state index contributed by atoms with van der Waals surface area (Å²) in [6.45, 7) is 0.185. The molecule has 1 saturated heterocycles. The molecule has 2 unspecified atom stereocenters. The van der Waals surface area contributed by atoms with Crippen molar-refractivity contribution in [2.24, 2.45) is 0 Å². The third-order valence-corrected chi connectivity index (χ3v) is 6.65. The second kappa shape index (κ2) is 8.55. The lowest BCUT2D eigenvalue weighted by molar-refractivity contribution is -0.163. The van der Waals surface area contributed by atoms with Gasteiger partial charge in [-0.3, -0.25) is 9.36 Å². The van der Waals surface area contributed by atoms with Gasteiger partial charge in [-0.1, -0.05) is 66.7 Å². The Bertz CT molecular complexity index is 1340. The van der Waals surface area contributed by atoms with Crippen LogP contribution in [0.1, 0.15) is 17.0 Å². The van der Waals surface area contributed by atoms with Crippen molar-refractivity contribution in [1.82, 2.24) is 9.47 Å². The molecule has 0 aliphatic carbocycles. The Labute approximate surface area is 193 Å². The number of amides is 1. The molecular weight excluding hydrogens is 440 g/mol. The lowest BCUT2D eigenvalue weighted by atomic mass is 10.00. The van der Waals surface area contributed by atoms with E-state index < -0.39 is 23.8 Å². The molecule has 1 aliphatic heterocycles. The predicted octanol–water partition coefficient (Wildman–Crippen LogP) is 4.13. The van der Waals surface area contributed by atoms with Crippen molar-refractivity contribution in [3.05, 3.63) is 93.6 Å². The molecule has 0 bridgehead atoms. The maximum Gasteiger partial charge on any atom is 0.420 e. The molecule has 2 atom stereocenters. The highest BCUT2D eigenvalue weighted by Gasteiger charge is 2.48. The molecule has 0 radical (unpaired) electrons. The second-order valence-corrected chi connectivity index (χ2v) is 8.57. The van der Waals surface area contributed by atoms with Crippen LogP contribution in [0.2, 0.25) is 0 Å². The fourth-order valence-electron chi connectivity index (χ4n) is 4.13. The van der Waals surface area contributed by atoms with Crippen LogP contribution in [0.4, 0.5) is 0 Å². The molecule has 0 spiro atoms. The largest absolute Gasteiger partial charge is 0.467 e. The van der Waals surface area contributed by atoms with Gasteiger partial charge in [0.05, 0.1) is 19.3 Å². The Kier molecular flexibility index (Phi) is 5.43. The highest BCUT2D eigenvalue weighted by atomic mass is 32.1. The summed E-state index contributed by atoms with van der Waals surface area (Å²) >= 11 is 1.37. The van der Waals surface area contributed by atoms with E-state index in [1.807, 2.05) is 72.1 Å². The molecule has 166 valence electrons. The maximum atomic E-state index is 13.3. The van der Waals surface area contributed by atoms with Crippen molar-refractivity contribution in [1.29, 1.82) is 0 Å². The van der Waals surface area contributed by atoms with Crippen LogP contribution in [0.25, 0.3) is 22.6 Å². The molecule has 7 nitrogen and oxygen atoms in total. The number of hydrogen-bond donors (Lipinski definition) is 0. The van der Waals surface area contributed by atoms with Gasteiger partial charge in [0, 0.05) is 16.0 Å².